The molecule has 3 heteroatoms. The van der Waals surface area contributed by atoms with Gasteiger partial charge in [-0.15, -0.1) is 0 Å². The van der Waals surface area contributed by atoms with Crippen molar-refractivity contribution in [3.05, 3.63) is 70.8 Å². The van der Waals surface area contributed by atoms with Crippen molar-refractivity contribution < 1.29 is 0 Å². The molecule has 26 heavy (non-hydrogen) atoms. The summed E-state index contributed by atoms with van der Waals surface area (Å²) in [6, 6.07) is 17.6. The van der Waals surface area contributed by atoms with Crippen molar-refractivity contribution in [2.45, 2.75) is 39.7 Å². The lowest BCUT2D eigenvalue weighted by atomic mass is 9.87. The van der Waals surface area contributed by atoms with Crippen molar-refractivity contribution in [3.63, 3.8) is 0 Å². The molecule has 0 saturated carbocycles. The van der Waals surface area contributed by atoms with Crippen LogP contribution in [0.15, 0.2) is 53.6 Å². The Hall–Kier alpha value is -2.13. The number of benzene rings is 2. The smallest absolute Gasteiger partial charge is 0.0542 e. The lowest BCUT2D eigenvalue weighted by Crippen LogP contribution is -2.43. The summed E-state index contributed by atoms with van der Waals surface area (Å²) in [5.41, 5.74) is 5.44. The second-order valence-corrected chi connectivity index (χ2v) is 8.33. The fourth-order valence-corrected chi connectivity index (χ4v) is 3.18. The van der Waals surface area contributed by atoms with Gasteiger partial charge in [0.05, 0.1) is 6.21 Å². The van der Waals surface area contributed by atoms with Gasteiger partial charge in [-0.05, 0) is 29.0 Å². The zero-order chi connectivity index (χ0) is 18.6. The molecular formula is C23H31N3. The number of hydrogen-bond acceptors (Lipinski definition) is 3. The van der Waals surface area contributed by atoms with Gasteiger partial charge in [-0.25, -0.2) is 0 Å². The van der Waals surface area contributed by atoms with Crippen LogP contribution in [-0.2, 0) is 12.0 Å². The fourth-order valence-electron chi connectivity index (χ4n) is 3.18. The Kier molecular flexibility index (Phi) is 5.77. The van der Waals surface area contributed by atoms with Gasteiger partial charge in [-0.3, -0.25) is 9.91 Å². The van der Waals surface area contributed by atoms with Crippen molar-refractivity contribution in [2.24, 2.45) is 5.10 Å². The molecule has 0 aliphatic carbocycles. The molecule has 0 atom stereocenters. The van der Waals surface area contributed by atoms with E-state index in [1.807, 2.05) is 6.21 Å². The minimum Gasteiger partial charge on any atom is -0.295 e. The van der Waals surface area contributed by atoms with E-state index in [-0.39, 0.29) is 5.41 Å². The summed E-state index contributed by atoms with van der Waals surface area (Å²) in [4.78, 5) is 2.51. The molecule has 2 aromatic carbocycles. The van der Waals surface area contributed by atoms with Gasteiger partial charge in [-0.2, -0.15) is 5.10 Å². The monoisotopic (exact) mass is 349 g/mol. The van der Waals surface area contributed by atoms with Crippen molar-refractivity contribution in [1.29, 1.82) is 0 Å². The Morgan fingerprint density at radius 2 is 1.50 bits per heavy atom. The average Bonchev–Trinajstić information content (AvgIpc) is 2.63. The lowest BCUT2D eigenvalue weighted by Gasteiger charge is -2.33. The summed E-state index contributed by atoms with van der Waals surface area (Å²) in [6.07, 6.45) is 1.99. The molecule has 0 aromatic heterocycles. The number of nitrogens with zero attached hydrogens (tertiary/aromatic N) is 3. The van der Waals surface area contributed by atoms with Crippen molar-refractivity contribution in [2.75, 3.05) is 26.2 Å². The van der Waals surface area contributed by atoms with Crippen LogP contribution in [0.2, 0.25) is 0 Å². The number of hydrogen-bond donors (Lipinski definition) is 0. The highest BCUT2D eigenvalue weighted by atomic mass is 15.5. The third-order valence-electron chi connectivity index (χ3n) is 5.02. The highest BCUT2D eigenvalue weighted by Crippen LogP contribution is 2.21. The summed E-state index contributed by atoms with van der Waals surface area (Å²) in [7, 11) is 0. The van der Waals surface area contributed by atoms with E-state index in [1.165, 1.54) is 22.3 Å². The number of rotatable bonds is 4. The molecule has 1 aliphatic heterocycles. The molecule has 0 radical (unpaired) electrons. The molecule has 0 spiro atoms. The Morgan fingerprint density at radius 1 is 0.885 bits per heavy atom. The van der Waals surface area contributed by atoms with Gasteiger partial charge in [0.15, 0.2) is 0 Å². The summed E-state index contributed by atoms with van der Waals surface area (Å²) in [5, 5.41) is 6.86. The topological polar surface area (TPSA) is 18.8 Å². The predicted molar refractivity (Wildman–Crippen MR) is 111 cm³/mol. The van der Waals surface area contributed by atoms with Crippen LogP contribution in [0.4, 0.5) is 0 Å². The van der Waals surface area contributed by atoms with Crippen molar-refractivity contribution >= 4 is 6.21 Å². The second kappa shape index (κ2) is 8.05. The van der Waals surface area contributed by atoms with Gasteiger partial charge in [0, 0.05) is 32.7 Å². The average molecular weight is 350 g/mol. The predicted octanol–water partition coefficient (Wildman–Crippen LogP) is 4.44. The van der Waals surface area contributed by atoms with Crippen LogP contribution in [0.1, 0.15) is 43.0 Å². The molecule has 138 valence electrons. The molecule has 2 aromatic rings. The molecule has 1 heterocycles. The molecule has 0 unspecified atom stereocenters. The van der Waals surface area contributed by atoms with E-state index >= 15 is 0 Å². The lowest BCUT2D eigenvalue weighted by molar-refractivity contribution is 0.131. The van der Waals surface area contributed by atoms with Crippen LogP contribution < -0.4 is 0 Å². The summed E-state index contributed by atoms with van der Waals surface area (Å²) >= 11 is 0. The van der Waals surface area contributed by atoms with Gasteiger partial charge in [0.2, 0.25) is 0 Å². The highest BCUT2D eigenvalue weighted by Gasteiger charge is 2.15. The Balaban J connectivity index is 1.49. The van der Waals surface area contributed by atoms with Gasteiger partial charge in [0.25, 0.3) is 0 Å². The van der Waals surface area contributed by atoms with Crippen molar-refractivity contribution in [3.8, 4) is 0 Å². The van der Waals surface area contributed by atoms with Crippen LogP contribution in [0.25, 0.3) is 0 Å². The first-order valence-electron chi connectivity index (χ1n) is 9.57. The fraction of sp³-hybridized carbons (Fsp3) is 0.435. The zero-order valence-corrected chi connectivity index (χ0v) is 16.6. The maximum atomic E-state index is 4.68. The number of hydrazone groups is 1. The van der Waals surface area contributed by atoms with Gasteiger partial charge in [-0.1, -0.05) is 74.9 Å². The van der Waals surface area contributed by atoms with Crippen LogP contribution in [0.5, 0.6) is 0 Å². The first kappa shape index (κ1) is 18.7. The van der Waals surface area contributed by atoms with Crippen LogP contribution in [0.3, 0.4) is 0 Å². The van der Waals surface area contributed by atoms with E-state index in [0.717, 1.165) is 32.7 Å². The Bertz CT molecular complexity index is 716. The summed E-state index contributed by atoms with van der Waals surface area (Å²) in [6.45, 7) is 14.0. The van der Waals surface area contributed by atoms with E-state index in [1.54, 1.807) is 0 Å². The minimum atomic E-state index is 0.198. The zero-order valence-electron chi connectivity index (χ0n) is 16.6. The molecule has 1 saturated heterocycles. The summed E-state index contributed by atoms with van der Waals surface area (Å²) in [5.74, 6) is 0. The normalized spacial score (nSPS) is 16.4. The first-order chi connectivity index (χ1) is 12.4. The molecule has 0 amide bonds. The van der Waals surface area contributed by atoms with E-state index in [4.69, 9.17) is 0 Å². The largest absolute Gasteiger partial charge is 0.295 e. The quantitative estimate of drug-likeness (QED) is 0.760. The molecule has 1 fully saturated rings. The van der Waals surface area contributed by atoms with Gasteiger partial charge < -0.3 is 0 Å². The molecule has 1 aliphatic rings. The van der Waals surface area contributed by atoms with E-state index in [0.29, 0.717) is 0 Å². The van der Waals surface area contributed by atoms with E-state index in [9.17, 15) is 0 Å². The molecule has 0 bridgehead atoms. The Labute approximate surface area is 158 Å². The van der Waals surface area contributed by atoms with Crippen LogP contribution >= 0.6 is 0 Å². The SMILES string of the molecule is Cc1ccc(CN2CCN(N=Cc3ccc(C(C)(C)C)cc3)CC2)cc1. The van der Waals surface area contributed by atoms with E-state index in [2.05, 4.69) is 91.2 Å². The third kappa shape index (κ3) is 5.18. The number of piperazine rings is 1. The molecular weight excluding hydrogens is 318 g/mol. The van der Waals surface area contributed by atoms with Crippen molar-refractivity contribution in [1.82, 2.24) is 9.91 Å². The second-order valence-electron chi connectivity index (χ2n) is 8.33. The van der Waals surface area contributed by atoms with Gasteiger partial charge in [0.1, 0.15) is 0 Å². The number of aryl methyl sites for hydroxylation is 1. The molecule has 3 rings (SSSR count). The maximum Gasteiger partial charge on any atom is 0.0542 e. The summed E-state index contributed by atoms with van der Waals surface area (Å²) < 4.78 is 0. The van der Waals surface area contributed by atoms with E-state index < -0.39 is 0 Å². The maximum absolute atomic E-state index is 4.68. The minimum absolute atomic E-state index is 0.198. The standard InChI is InChI=1S/C23H31N3/c1-19-5-7-21(8-6-19)18-25-13-15-26(16-14-25)24-17-20-9-11-22(12-10-20)23(2,3)4/h5-12,17H,13-16,18H2,1-4H3. The highest BCUT2D eigenvalue weighted by molar-refractivity contribution is 5.79. The van der Waals surface area contributed by atoms with Crippen LogP contribution in [0, 0.1) is 6.92 Å². The third-order valence-corrected chi connectivity index (χ3v) is 5.02. The molecule has 3 nitrogen and oxygen atoms in total. The molecule has 0 N–H and O–H groups in total. The first-order valence-corrected chi connectivity index (χ1v) is 9.57. The van der Waals surface area contributed by atoms with Gasteiger partial charge >= 0.3 is 0 Å². The Morgan fingerprint density at radius 3 is 2.08 bits per heavy atom. The van der Waals surface area contributed by atoms with Crippen LogP contribution in [-0.4, -0.2) is 42.3 Å².